The van der Waals surface area contributed by atoms with Crippen molar-refractivity contribution in [2.24, 2.45) is 5.92 Å². The highest BCUT2D eigenvalue weighted by molar-refractivity contribution is 5.97. The standard InChI is InChI=1S/C19H19N3O3/c23-18(21-9-13(10-21)7-12-5-6-25-11-12)14-1-4-17-16(8-14)20-19(24)22(17)15-2-3-15/h1,4-6,8,11,13,15H,2-3,7,9-10H2,(H,20,24). The van der Waals surface area contributed by atoms with E-state index in [1.807, 2.05) is 27.7 Å². The Bertz CT molecular complexity index is 989. The molecule has 1 saturated carbocycles. The van der Waals surface area contributed by atoms with E-state index in [2.05, 4.69) is 4.98 Å². The quantitative estimate of drug-likeness (QED) is 0.795. The number of amides is 1. The van der Waals surface area contributed by atoms with E-state index in [9.17, 15) is 9.59 Å². The van der Waals surface area contributed by atoms with E-state index in [1.165, 1.54) is 5.56 Å². The highest BCUT2D eigenvalue weighted by Crippen LogP contribution is 2.35. The van der Waals surface area contributed by atoms with Crippen LogP contribution < -0.4 is 5.69 Å². The molecule has 5 rings (SSSR count). The van der Waals surface area contributed by atoms with Crippen molar-refractivity contribution in [3.8, 4) is 0 Å². The Morgan fingerprint density at radius 3 is 2.80 bits per heavy atom. The number of hydrogen-bond acceptors (Lipinski definition) is 3. The van der Waals surface area contributed by atoms with Gasteiger partial charge in [-0.2, -0.15) is 0 Å². The monoisotopic (exact) mass is 337 g/mol. The van der Waals surface area contributed by atoms with Crippen molar-refractivity contribution in [3.63, 3.8) is 0 Å². The van der Waals surface area contributed by atoms with Crippen LogP contribution in [0.4, 0.5) is 0 Å². The lowest BCUT2D eigenvalue weighted by atomic mass is 9.92. The summed E-state index contributed by atoms with van der Waals surface area (Å²) < 4.78 is 6.90. The summed E-state index contributed by atoms with van der Waals surface area (Å²) in [4.78, 5) is 29.5. The Labute approximate surface area is 144 Å². The van der Waals surface area contributed by atoms with Gasteiger partial charge < -0.3 is 14.3 Å². The second-order valence-corrected chi connectivity index (χ2v) is 7.18. The summed E-state index contributed by atoms with van der Waals surface area (Å²) in [5, 5.41) is 0. The van der Waals surface area contributed by atoms with Crippen LogP contribution in [-0.2, 0) is 6.42 Å². The van der Waals surface area contributed by atoms with Gasteiger partial charge in [0.1, 0.15) is 0 Å². The highest BCUT2D eigenvalue weighted by atomic mass is 16.3. The summed E-state index contributed by atoms with van der Waals surface area (Å²) in [6.45, 7) is 1.53. The van der Waals surface area contributed by atoms with Gasteiger partial charge in [0.05, 0.1) is 23.6 Å². The lowest BCUT2D eigenvalue weighted by Crippen LogP contribution is -2.50. The van der Waals surface area contributed by atoms with Crippen LogP contribution in [0.1, 0.15) is 34.8 Å². The fourth-order valence-electron chi connectivity index (χ4n) is 3.75. The lowest BCUT2D eigenvalue weighted by Gasteiger charge is -2.39. The summed E-state index contributed by atoms with van der Waals surface area (Å²) in [7, 11) is 0. The summed E-state index contributed by atoms with van der Waals surface area (Å²) >= 11 is 0. The van der Waals surface area contributed by atoms with Crippen molar-refractivity contribution in [2.45, 2.75) is 25.3 Å². The average Bonchev–Trinajstić information content (AvgIpc) is 3.15. The Morgan fingerprint density at radius 1 is 1.24 bits per heavy atom. The molecule has 2 aromatic heterocycles. The van der Waals surface area contributed by atoms with Gasteiger partial charge in [0.2, 0.25) is 0 Å². The van der Waals surface area contributed by atoms with E-state index in [4.69, 9.17) is 4.42 Å². The van der Waals surface area contributed by atoms with Crippen molar-refractivity contribution in [1.29, 1.82) is 0 Å². The first-order valence-corrected chi connectivity index (χ1v) is 8.73. The number of aromatic amines is 1. The zero-order chi connectivity index (χ0) is 17.0. The summed E-state index contributed by atoms with van der Waals surface area (Å²) in [5.74, 6) is 0.520. The Kier molecular flexibility index (Phi) is 3.13. The molecular formula is C19H19N3O3. The molecule has 0 bridgehead atoms. The number of H-pyrrole nitrogens is 1. The van der Waals surface area contributed by atoms with Crippen molar-refractivity contribution < 1.29 is 9.21 Å². The fourth-order valence-corrected chi connectivity index (χ4v) is 3.75. The van der Waals surface area contributed by atoms with Gasteiger partial charge in [-0.25, -0.2) is 4.79 Å². The number of aromatic nitrogens is 2. The molecule has 1 saturated heterocycles. The molecule has 1 aliphatic carbocycles. The number of nitrogens with zero attached hydrogens (tertiary/aromatic N) is 2. The topological polar surface area (TPSA) is 71.2 Å². The summed E-state index contributed by atoms with van der Waals surface area (Å²) in [6.07, 6.45) is 6.50. The van der Waals surface area contributed by atoms with E-state index >= 15 is 0 Å². The van der Waals surface area contributed by atoms with Gasteiger partial charge in [0.25, 0.3) is 5.91 Å². The first kappa shape index (κ1) is 14.6. The highest BCUT2D eigenvalue weighted by Gasteiger charge is 2.32. The van der Waals surface area contributed by atoms with Gasteiger partial charge in [0, 0.05) is 24.7 Å². The van der Waals surface area contributed by atoms with E-state index in [0.29, 0.717) is 17.5 Å². The van der Waals surface area contributed by atoms with E-state index < -0.39 is 0 Å². The van der Waals surface area contributed by atoms with Crippen LogP contribution in [0.5, 0.6) is 0 Å². The zero-order valence-electron chi connectivity index (χ0n) is 13.8. The first-order valence-electron chi connectivity index (χ1n) is 8.73. The third-order valence-corrected chi connectivity index (χ3v) is 5.22. The van der Waals surface area contributed by atoms with Crippen molar-refractivity contribution in [1.82, 2.24) is 14.5 Å². The minimum Gasteiger partial charge on any atom is -0.472 e. The first-order chi connectivity index (χ1) is 12.2. The normalized spacial score (nSPS) is 17.8. The number of likely N-dealkylation sites (tertiary alicyclic amines) is 1. The fraction of sp³-hybridized carbons (Fsp3) is 0.368. The number of carbonyl (C=O) groups excluding carboxylic acids is 1. The number of rotatable bonds is 4. The summed E-state index contributed by atoms with van der Waals surface area (Å²) in [5.41, 5.74) is 3.38. The van der Waals surface area contributed by atoms with E-state index in [1.54, 1.807) is 18.6 Å². The SMILES string of the molecule is O=C(c1ccc2c(c1)[nH]c(=O)n2C1CC1)N1CC(Cc2ccoc2)C1. The lowest BCUT2D eigenvalue weighted by molar-refractivity contribution is 0.0501. The molecular weight excluding hydrogens is 318 g/mol. The minimum absolute atomic E-state index is 0.0327. The van der Waals surface area contributed by atoms with E-state index in [0.717, 1.165) is 43.4 Å². The number of fused-ring (bicyclic) bond motifs is 1. The number of carbonyl (C=O) groups is 1. The van der Waals surface area contributed by atoms with Crippen LogP contribution in [0.25, 0.3) is 11.0 Å². The van der Waals surface area contributed by atoms with Gasteiger partial charge in [-0.15, -0.1) is 0 Å². The zero-order valence-corrected chi connectivity index (χ0v) is 13.8. The summed E-state index contributed by atoms with van der Waals surface area (Å²) in [6, 6.07) is 7.82. The van der Waals surface area contributed by atoms with Crippen LogP contribution in [0.2, 0.25) is 0 Å². The molecule has 0 unspecified atom stereocenters. The molecule has 2 aliphatic rings. The second kappa shape index (κ2) is 5.37. The molecule has 25 heavy (non-hydrogen) atoms. The predicted octanol–water partition coefficient (Wildman–Crippen LogP) is 2.57. The maximum absolute atomic E-state index is 12.7. The molecule has 6 heteroatoms. The van der Waals surface area contributed by atoms with Gasteiger partial charge in [-0.05, 0) is 55.0 Å². The predicted molar refractivity (Wildman–Crippen MR) is 92.6 cm³/mol. The van der Waals surface area contributed by atoms with Gasteiger partial charge in [-0.3, -0.25) is 9.36 Å². The van der Waals surface area contributed by atoms with Crippen LogP contribution in [0.3, 0.4) is 0 Å². The molecule has 3 heterocycles. The largest absolute Gasteiger partial charge is 0.472 e. The average molecular weight is 337 g/mol. The minimum atomic E-state index is -0.0776. The number of imidazole rings is 1. The number of hydrogen-bond donors (Lipinski definition) is 1. The van der Waals surface area contributed by atoms with Gasteiger partial charge in [0.15, 0.2) is 0 Å². The van der Waals surface area contributed by atoms with Crippen molar-refractivity contribution in [2.75, 3.05) is 13.1 Å². The number of benzene rings is 1. The molecule has 0 spiro atoms. The van der Waals surface area contributed by atoms with Gasteiger partial charge in [-0.1, -0.05) is 0 Å². The third kappa shape index (κ3) is 2.49. The molecule has 3 aromatic rings. The molecule has 0 atom stereocenters. The Hall–Kier alpha value is -2.76. The maximum atomic E-state index is 12.7. The van der Waals surface area contributed by atoms with Crippen LogP contribution in [-0.4, -0.2) is 33.4 Å². The number of furan rings is 1. The Morgan fingerprint density at radius 2 is 2.08 bits per heavy atom. The molecule has 0 radical (unpaired) electrons. The van der Waals surface area contributed by atoms with Crippen LogP contribution in [0, 0.1) is 5.92 Å². The maximum Gasteiger partial charge on any atom is 0.326 e. The third-order valence-electron chi connectivity index (χ3n) is 5.22. The molecule has 2 fully saturated rings. The van der Waals surface area contributed by atoms with Crippen molar-refractivity contribution >= 4 is 16.9 Å². The van der Waals surface area contributed by atoms with E-state index in [-0.39, 0.29) is 11.6 Å². The molecule has 1 aliphatic heterocycles. The van der Waals surface area contributed by atoms with Crippen molar-refractivity contribution in [3.05, 3.63) is 58.4 Å². The molecule has 1 N–H and O–H groups in total. The molecule has 6 nitrogen and oxygen atoms in total. The smallest absolute Gasteiger partial charge is 0.326 e. The second-order valence-electron chi connectivity index (χ2n) is 7.18. The Balaban J connectivity index is 1.32. The molecule has 128 valence electrons. The molecule has 1 aromatic carbocycles. The van der Waals surface area contributed by atoms with Crippen LogP contribution >= 0.6 is 0 Å². The van der Waals surface area contributed by atoms with Crippen LogP contribution in [0.15, 0.2) is 46.0 Å². The molecule has 1 amide bonds. The van der Waals surface area contributed by atoms with Gasteiger partial charge >= 0.3 is 5.69 Å². The number of nitrogens with one attached hydrogen (secondary N) is 1.